The van der Waals surface area contributed by atoms with Crippen molar-refractivity contribution >= 4 is 17.6 Å². The minimum atomic E-state index is -0.618. The maximum absolute atomic E-state index is 11.4. The van der Waals surface area contributed by atoms with Crippen molar-refractivity contribution in [3.05, 3.63) is 24.3 Å². The highest BCUT2D eigenvalue weighted by atomic mass is 35.5. The summed E-state index contributed by atoms with van der Waals surface area (Å²) < 4.78 is 16.1. The van der Waals surface area contributed by atoms with E-state index >= 15 is 0 Å². The summed E-state index contributed by atoms with van der Waals surface area (Å²) in [4.78, 5) is 11.4. The normalized spacial score (nSPS) is 12.1. The molecule has 0 spiro atoms. The third-order valence-corrected chi connectivity index (χ3v) is 2.69. The molecule has 0 heterocycles. The zero-order valence-corrected chi connectivity index (χ0v) is 12.9. The molecular weight excluding hydrogens is 280 g/mol. The van der Waals surface area contributed by atoms with Crippen molar-refractivity contribution in [1.29, 1.82) is 0 Å². The molecule has 0 aromatic heterocycles. The van der Waals surface area contributed by atoms with E-state index in [9.17, 15) is 4.79 Å². The van der Waals surface area contributed by atoms with Gasteiger partial charge in [0.15, 0.2) is 0 Å². The molecule has 0 aliphatic carbocycles. The number of benzene rings is 1. The lowest BCUT2D eigenvalue weighted by Gasteiger charge is -2.16. The average Bonchev–Trinajstić information content (AvgIpc) is 2.40. The predicted molar refractivity (Wildman–Crippen MR) is 78.3 cm³/mol. The van der Waals surface area contributed by atoms with Gasteiger partial charge in [-0.1, -0.05) is 13.8 Å². The predicted octanol–water partition coefficient (Wildman–Crippen LogP) is 3.62. The molecule has 0 fully saturated rings. The third-order valence-electron chi connectivity index (χ3n) is 2.43. The van der Waals surface area contributed by atoms with Crippen molar-refractivity contribution in [2.24, 2.45) is 5.92 Å². The van der Waals surface area contributed by atoms with E-state index in [1.807, 2.05) is 0 Å². The summed E-state index contributed by atoms with van der Waals surface area (Å²) in [6.45, 7) is 5.83. The highest BCUT2D eigenvalue weighted by Gasteiger charge is 2.13. The van der Waals surface area contributed by atoms with Gasteiger partial charge in [0, 0.05) is 12.8 Å². The molecule has 4 nitrogen and oxygen atoms in total. The topological polar surface area (TPSA) is 44.8 Å². The molecule has 0 bridgehead atoms. The van der Waals surface area contributed by atoms with Crippen LogP contribution in [0.4, 0.5) is 0 Å². The molecule has 0 amide bonds. The number of rotatable bonds is 8. The second-order valence-electron chi connectivity index (χ2n) is 4.64. The standard InChI is InChI=1S/C15H21ClO4/c1-11(2)15(17)20-12(3)19-14-7-5-13(6-8-14)18-10-4-9-16/h5-8,11-12H,4,9-10H2,1-3H3. The van der Waals surface area contributed by atoms with Gasteiger partial charge >= 0.3 is 5.97 Å². The van der Waals surface area contributed by atoms with Crippen LogP contribution in [0.5, 0.6) is 11.5 Å². The Hall–Kier alpha value is -1.42. The highest BCUT2D eigenvalue weighted by molar-refractivity contribution is 6.17. The van der Waals surface area contributed by atoms with Crippen LogP contribution < -0.4 is 9.47 Å². The van der Waals surface area contributed by atoms with E-state index in [1.54, 1.807) is 45.0 Å². The van der Waals surface area contributed by atoms with Crippen LogP contribution in [0.25, 0.3) is 0 Å². The molecule has 1 atom stereocenters. The lowest BCUT2D eigenvalue weighted by molar-refractivity contribution is -0.165. The number of hydrogen-bond acceptors (Lipinski definition) is 4. The van der Waals surface area contributed by atoms with Gasteiger partial charge in [0.1, 0.15) is 11.5 Å². The fraction of sp³-hybridized carbons (Fsp3) is 0.533. The van der Waals surface area contributed by atoms with Gasteiger partial charge in [0.25, 0.3) is 0 Å². The Balaban J connectivity index is 2.42. The maximum atomic E-state index is 11.4. The minimum absolute atomic E-state index is 0.168. The summed E-state index contributed by atoms with van der Waals surface area (Å²) in [6, 6.07) is 7.16. The van der Waals surface area contributed by atoms with Crippen LogP contribution >= 0.6 is 11.6 Å². The Morgan fingerprint density at radius 3 is 2.30 bits per heavy atom. The maximum Gasteiger partial charge on any atom is 0.311 e. The van der Waals surface area contributed by atoms with E-state index in [4.69, 9.17) is 25.8 Å². The van der Waals surface area contributed by atoms with E-state index < -0.39 is 6.29 Å². The number of halogens is 1. The molecular formula is C15H21ClO4. The van der Waals surface area contributed by atoms with Gasteiger partial charge < -0.3 is 14.2 Å². The van der Waals surface area contributed by atoms with E-state index in [0.717, 1.165) is 12.2 Å². The number of esters is 1. The van der Waals surface area contributed by atoms with Gasteiger partial charge in [0.2, 0.25) is 6.29 Å². The van der Waals surface area contributed by atoms with Crippen LogP contribution in [0.2, 0.25) is 0 Å². The monoisotopic (exact) mass is 300 g/mol. The Morgan fingerprint density at radius 2 is 1.75 bits per heavy atom. The smallest absolute Gasteiger partial charge is 0.311 e. The zero-order chi connectivity index (χ0) is 15.0. The summed E-state index contributed by atoms with van der Waals surface area (Å²) >= 11 is 5.57. The first kappa shape index (κ1) is 16.6. The van der Waals surface area contributed by atoms with Crippen molar-refractivity contribution in [1.82, 2.24) is 0 Å². The first-order valence-corrected chi connectivity index (χ1v) is 7.22. The Morgan fingerprint density at radius 1 is 1.15 bits per heavy atom. The number of ether oxygens (including phenoxy) is 3. The summed E-state index contributed by atoms with van der Waals surface area (Å²) in [7, 11) is 0. The molecule has 112 valence electrons. The Labute approximate surface area is 125 Å². The van der Waals surface area contributed by atoms with Gasteiger partial charge in [-0.05, 0) is 30.7 Å². The quantitative estimate of drug-likeness (QED) is 0.318. The molecule has 0 radical (unpaired) electrons. The fourth-order valence-electron chi connectivity index (χ4n) is 1.37. The van der Waals surface area contributed by atoms with Crippen molar-refractivity contribution in [3.8, 4) is 11.5 Å². The molecule has 1 aromatic rings. The molecule has 1 unspecified atom stereocenters. The van der Waals surface area contributed by atoms with Crippen LogP contribution in [0, 0.1) is 5.92 Å². The Bertz CT molecular complexity index is 403. The molecule has 1 aromatic carbocycles. The van der Waals surface area contributed by atoms with Crippen LogP contribution in [-0.2, 0) is 9.53 Å². The second kappa shape index (κ2) is 8.69. The second-order valence-corrected chi connectivity index (χ2v) is 5.02. The lowest BCUT2D eigenvalue weighted by Crippen LogP contribution is -2.23. The molecule has 20 heavy (non-hydrogen) atoms. The van der Waals surface area contributed by atoms with Crippen molar-refractivity contribution in [2.45, 2.75) is 33.5 Å². The first-order chi connectivity index (χ1) is 9.52. The van der Waals surface area contributed by atoms with Gasteiger partial charge in [-0.2, -0.15) is 0 Å². The van der Waals surface area contributed by atoms with Crippen molar-refractivity contribution in [3.63, 3.8) is 0 Å². The van der Waals surface area contributed by atoms with Gasteiger partial charge in [0.05, 0.1) is 12.5 Å². The molecule has 0 aliphatic heterocycles. The van der Waals surface area contributed by atoms with E-state index in [1.165, 1.54) is 0 Å². The number of carbonyl (C=O) groups excluding carboxylic acids is 1. The summed E-state index contributed by atoms with van der Waals surface area (Å²) in [5.74, 6) is 1.52. The SMILES string of the molecule is CC(OC(=O)C(C)C)Oc1ccc(OCCCCl)cc1. The van der Waals surface area contributed by atoms with Crippen LogP contribution in [-0.4, -0.2) is 24.7 Å². The van der Waals surface area contributed by atoms with Gasteiger partial charge in [-0.3, -0.25) is 4.79 Å². The number of alkyl halides is 1. The van der Waals surface area contributed by atoms with Crippen molar-refractivity contribution < 1.29 is 19.0 Å². The molecule has 0 saturated carbocycles. The average molecular weight is 301 g/mol. The Kier molecular flexibility index (Phi) is 7.23. The largest absolute Gasteiger partial charge is 0.494 e. The van der Waals surface area contributed by atoms with Crippen LogP contribution in [0.3, 0.4) is 0 Å². The number of hydrogen-bond donors (Lipinski definition) is 0. The molecule has 1 rings (SSSR count). The minimum Gasteiger partial charge on any atom is -0.494 e. The van der Waals surface area contributed by atoms with Crippen LogP contribution in [0.15, 0.2) is 24.3 Å². The third kappa shape index (κ3) is 6.15. The van der Waals surface area contributed by atoms with Crippen LogP contribution in [0.1, 0.15) is 27.2 Å². The lowest BCUT2D eigenvalue weighted by atomic mass is 10.2. The highest BCUT2D eigenvalue weighted by Crippen LogP contribution is 2.19. The molecule has 5 heteroatoms. The van der Waals surface area contributed by atoms with Gasteiger partial charge in [-0.15, -0.1) is 11.6 Å². The van der Waals surface area contributed by atoms with E-state index in [-0.39, 0.29) is 11.9 Å². The van der Waals surface area contributed by atoms with E-state index in [2.05, 4.69) is 0 Å². The molecule has 0 N–H and O–H groups in total. The number of carbonyl (C=O) groups is 1. The molecule has 0 aliphatic rings. The van der Waals surface area contributed by atoms with E-state index in [0.29, 0.717) is 18.2 Å². The van der Waals surface area contributed by atoms with Gasteiger partial charge in [-0.25, -0.2) is 0 Å². The molecule has 0 saturated heterocycles. The fourth-order valence-corrected chi connectivity index (χ4v) is 1.48. The summed E-state index contributed by atoms with van der Waals surface area (Å²) in [6.07, 6.45) is 0.190. The first-order valence-electron chi connectivity index (χ1n) is 6.69. The zero-order valence-electron chi connectivity index (χ0n) is 12.1. The van der Waals surface area contributed by atoms with Crippen molar-refractivity contribution in [2.75, 3.05) is 12.5 Å². The summed E-state index contributed by atoms with van der Waals surface area (Å²) in [5, 5.41) is 0. The summed E-state index contributed by atoms with van der Waals surface area (Å²) in [5.41, 5.74) is 0.